The molecule has 0 aromatic carbocycles. The number of carbonyl (C=O) groups excluding carboxylic acids is 1. The molecule has 0 atom stereocenters. The van der Waals surface area contributed by atoms with Gasteiger partial charge in [-0.1, -0.05) is 5.21 Å². The van der Waals surface area contributed by atoms with Crippen LogP contribution >= 0.6 is 11.3 Å². The van der Waals surface area contributed by atoms with Gasteiger partial charge in [-0.25, -0.2) is 9.67 Å². The van der Waals surface area contributed by atoms with E-state index in [1.165, 1.54) is 16.2 Å². The molecule has 100 valence electrons. The van der Waals surface area contributed by atoms with Crippen LogP contribution in [0.15, 0.2) is 12.4 Å². The highest BCUT2D eigenvalue weighted by atomic mass is 32.1. The summed E-state index contributed by atoms with van der Waals surface area (Å²) < 4.78 is 6.76. The summed E-state index contributed by atoms with van der Waals surface area (Å²) in [7, 11) is 1.69. The molecule has 0 bridgehead atoms. The molecule has 8 heteroatoms. The van der Waals surface area contributed by atoms with Crippen LogP contribution in [-0.2, 0) is 4.74 Å². The Morgan fingerprint density at radius 2 is 2.37 bits per heavy atom. The number of amides is 1. The van der Waals surface area contributed by atoms with Gasteiger partial charge in [0.2, 0.25) is 0 Å². The van der Waals surface area contributed by atoms with E-state index in [1.807, 2.05) is 6.92 Å². The van der Waals surface area contributed by atoms with Gasteiger partial charge in [0, 0.05) is 18.1 Å². The quantitative estimate of drug-likeness (QED) is 0.834. The Morgan fingerprint density at radius 3 is 2.95 bits per heavy atom. The Hall–Kier alpha value is -1.80. The van der Waals surface area contributed by atoms with Crippen molar-refractivity contribution in [2.75, 3.05) is 25.2 Å². The molecule has 1 saturated heterocycles. The van der Waals surface area contributed by atoms with Gasteiger partial charge in [0.15, 0.2) is 10.8 Å². The zero-order valence-electron chi connectivity index (χ0n) is 10.6. The molecule has 19 heavy (non-hydrogen) atoms. The zero-order chi connectivity index (χ0) is 13.4. The van der Waals surface area contributed by atoms with E-state index in [9.17, 15) is 4.79 Å². The van der Waals surface area contributed by atoms with Gasteiger partial charge in [-0.05, 0) is 6.92 Å². The van der Waals surface area contributed by atoms with Crippen molar-refractivity contribution in [3.63, 3.8) is 0 Å². The number of carbonyl (C=O) groups is 1. The van der Waals surface area contributed by atoms with Crippen LogP contribution in [0.25, 0.3) is 0 Å². The van der Waals surface area contributed by atoms with Gasteiger partial charge in [0.25, 0.3) is 5.91 Å². The van der Waals surface area contributed by atoms with Crippen molar-refractivity contribution in [3.05, 3.63) is 23.0 Å². The Balaban J connectivity index is 1.77. The predicted octanol–water partition coefficient (Wildman–Crippen LogP) is 0.891. The first-order valence-electron chi connectivity index (χ1n) is 5.85. The molecule has 1 aliphatic rings. The first-order valence-corrected chi connectivity index (χ1v) is 6.67. The van der Waals surface area contributed by atoms with E-state index >= 15 is 0 Å². The maximum absolute atomic E-state index is 12.2. The van der Waals surface area contributed by atoms with Crippen LogP contribution in [0, 0.1) is 6.92 Å². The Labute approximate surface area is 113 Å². The molecule has 3 rings (SSSR count). The van der Waals surface area contributed by atoms with E-state index in [4.69, 9.17) is 4.74 Å². The number of thiazole rings is 1. The maximum Gasteiger partial charge on any atom is 0.281 e. The predicted molar refractivity (Wildman–Crippen MR) is 69.5 cm³/mol. The van der Waals surface area contributed by atoms with Crippen molar-refractivity contribution in [2.45, 2.75) is 13.0 Å². The Kier molecular flexibility index (Phi) is 3.03. The average molecular weight is 279 g/mol. The lowest BCUT2D eigenvalue weighted by atomic mass is 10.3. The molecule has 0 spiro atoms. The number of aromatic nitrogens is 4. The van der Waals surface area contributed by atoms with Crippen molar-refractivity contribution in [1.29, 1.82) is 0 Å². The largest absolute Gasteiger partial charge is 0.377 e. The standard InChI is InChI=1S/C11H13N5O2S/c1-7-3-12-11(19-7)15(2)10(17)9-4-16(14-13-9)8-5-18-6-8/h3-4,8H,5-6H2,1-2H3. The summed E-state index contributed by atoms with van der Waals surface area (Å²) >= 11 is 1.47. The highest BCUT2D eigenvalue weighted by Crippen LogP contribution is 2.22. The van der Waals surface area contributed by atoms with Gasteiger partial charge in [-0.15, -0.1) is 16.4 Å². The van der Waals surface area contributed by atoms with Gasteiger partial charge in [0.1, 0.15) is 6.04 Å². The Morgan fingerprint density at radius 1 is 1.58 bits per heavy atom. The fourth-order valence-electron chi connectivity index (χ4n) is 1.69. The molecule has 2 aromatic heterocycles. The molecule has 2 aromatic rings. The van der Waals surface area contributed by atoms with E-state index in [2.05, 4.69) is 15.3 Å². The summed E-state index contributed by atoms with van der Waals surface area (Å²) in [6, 6.07) is 0.196. The number of ether oxygens (including phenoxy) is 1. The number of aryl methyl sites for hydroxylation is 1. The number of nitrogens with zero attached hydrogens (tertiary/aromatic N) is 5. The minimum absolute atomic E-state index is 0.196. The first-order chi connectivity index (χ1) is 9.15. The van der Waals surface area contributed by atoms with Crippen molar-refractivity contribution < 1.29 is 9.53 Å². The van der Waals surface area contributed by atoms with Gasteiger partial charge in [-0.3, -0.25) is 9.69 Å². The second-order valence-electron chi connectivity index (χ2n) is 4.39. The fourth-order valence-corrected chi connectivity index (χ4v) is 2.40. The van der Waals surface area contributed by atoms with E-state index in [-0.39, 0.29) is 11.9 Å². The molecule has 0 N–H and O–H groups in total. The molecule has 7 nitrogen and oxygen atoms in total. The summed E-state index contributed by atoms with van der Waals surface area (Å²) in [5.41, 5.74) is 0.322. The molecule has 0 saturated carbocycles. The monoisotopic (exact) mass is 279 g/mol. The van der Waals surface area contributed by atoms with Crippen LogP contribution in [0.4, 0.5) is 5.13 Å². The molecule has 1 amide bonds. The second-order valence-corrected chi connectivity index (χ2v) is 5.61. The van der Waals surface area contributed by atoms with Crippen LogP contribution in [0.1, 0.15) is 21.4 Å². The molecule has 3 heterocycles. The fraction of sp³-hybridized carbons (Fsp3) is 0.455. The molecule has 1 aliphatic heterocycles. The lowest BCUT2D eigenvalue weighted by molar-refractivity contribution is -0.0293. The van der Waals surface area contributed by atoms with Crippen molar-refractivity contribution in [1.82, 2.24) is 20.0 Å². The zero-order valence-corrected chi connectivity index (χ0v) is 11.4. The normalized spacial score (nSPS) is 15.3. The van der Waals surface area contributed by atoms with E-state index in [1.54, 1.807) is 24.1 Å². The van der Waals surface area contributed by atoms with Crippen molar-refractivity contribution in [3.8, 4) is 0 Å². The first kappa shape index (κ1) is 12.2. The topological polar surface area (TPSA) is 73.1 Å². The second kappa shape index (κ2) is 4.71. The van der Waals surface area contributed by atoms with Gasteiger partial charge in [-0.2, -0.15) is 0 Å². The number of hydrogen-bond donors (Lipinski definition) is 0. The number of rotatable bonds is 3. The van der Waals surface area contributed by atoms with E-state index in [0.717, 1.165) is 4.88 Å². The number of anilines is 1. The maximum atomic E-state index is 12.2. The summed E-state index contributed by atoms with van der Waals surface area (Å²) in [4.78, 5) is 19.0. The third-order valence-corrected chi connectivity index (χ3v) is 3.91. The highest BCUT2D eigenvalue weighted by Gasteiger charge is 2.25. The molecular formula is C11H13N5O2S. The van der Waals surface area contributed by atoms with Crippen LogP contribution in [-0.4, -0.2) is 46.1 Å². The van der Waals surface area contributed by atoms with Crippen LogP contribution in [0.2, 0.25) is 0 Å². The average Bonchev–Trinajstić information content (AvgIpc) is 2.94. The third-order valence-electron chi connectivity index (χ3n) is 2.92. The summed E-state index contributed by atoms with van der Waals surface area (Å²) in [6.45, 7) is 3.20. The van der Waals surface area contributed by atoms with Gasteiger partial charge in [0.05, 0.1) is 19.4 Å². The SMILES string of the molecule is Cc1cnc(N(C)C(=O)c2cn(C3COC3)nn2)s1. The van der Waals surface area contributed by atoms with Gasteiger partial charge < -0.3 is 4.74 Å². The van der Waals surface area contributed by atoms with Crippen LogP contribution in [0.3, 0.4) is 0 Å². The Bertz CT molecular complexity index is 604. The molecule has 0 aliphatic carbocycles. The van der Waals surface area contributed by atoms with Crippen LogP contribution < -0.4 is 4.90 Å². The lowest BCUT2D eigenvalue weighted by Gasteiger charge is -2.25. The minimum atomic E-state index is -0.208. The van der Waals surface area contributed by atoms with Crippen LogP contribution in [0.5, 0.6) is 0 Å². The lowest BCUT2D eigenvalue weighted by Crippen LogP contribution is -2.31. The highest BCUT2D eigenvalue weighted by molar-refractivity contribution is 7.15. The molecule has 0 unspecified atom stereocenters. The van der Waals surface area contributed by atoms with Crippen molar-refractivity contribution in [2.24, 2.45) is 0 Å². The smallest absolute Gasteiger partial charge is 0.281 e. The van der Waals surface area contributed by atoms with Gasteiger partial charge >= 0.3 is 0 Å². The van der Waals surface area contributed by atoms with Crippen molar-refractivity contribution >= 4 is 22.4 Å². The summed E-state index contributed by atoms with van der Waals surface area (Å²) in [5, 5.41) is 8.53. The summed E-state index contributed by atoms with van der Waals surface area (Å²) in [6.07, 6.45) is 3.40. The number of hydrogen-bond acceptors (Lipinski definition) is 6. The summed E-state index contributed by atoms with van der Waals surface area (Å²) in [5.74, 6) is -0.208. The van der Waals surface area contributed by atoms with E-state index in [0.29, 0.717) is 24.0 Å². The minimum Gasteiger partial charge on any atom is -0.377 e. The third kappa shape index (κ3) is 2.24. The molecular weight excluding hydrogens is 266 g/mol. The van der Waals surface area contributed by atoms with E-state index < -0.39 is 0 Å². The molecule has 1 fully saturated rings. The molecule has 0 radical (unpaired) electrons.